The highest BCUT2D eigenvalue weighted by atomic mass is 79.9. The fourth-order valence-corrected chi connectivity index (χ4v) is 3.43. The van der Waals surface area contributed by atoms with Gasteiger partial charge in [0, 0.05) is 10.4 Å². The normalized spacial score (nSPS) is 31.1. The molecule has 1 aliphatic rings. The van der Waals surface area contributed by atoms with Gasteiger partial charge in [0.2, 0.25) is 0 Å². The van der Waals surface area contributed by atoms with Crippen LogP contribution in [0.3, 0.4) is 0 Å². The highest BCUT2D eigenvalue weighted by molar-refractivity contribution is 9.10. The molecule has 1 saturated carbocycles. The van der Waals surface area contributed by atoms with Gasteiger partial charge in [-0.05, 0) is 17.7 Å². The van der Waals surface area contributed by atoms with E-state index in [1.807, 2.05) is 24.3 Å². The van der Waals surface area contributed by atoms with Gasteiger partial charge in [0.15, 0.2) is 0 Å². The average Bonchev–Trinajstić information content (AvgIpc) is 2.75. The van der Waals surface area contributed by atoms with E-state index in [4.69, 9.17) is 23.2 Å². The fraction of sp³-hybridized carbons (Fsp3) is 0.364. The van der Waals surface area contributed by atoms with Gasteiger partial charge in [0.25, 0.3) is 0 Å². The van der Waals surface area contributed by atoms with Crippen molar-refractivity contribution in [2.24, 2.45) is 5.41 Å². The molecule has 1 fully saturated rings. The summed E-state index contributed by atoms with van der Waals surface area (Å²) in [6.07, 6.45) is 0.651. The third-order valence-corrected chi connectivity index (χ3v) is 4.70. The van der Waals surface area contributed by atoms with Crippen LogP contribution in [0, 0.1) is 5.41 Å². The zero-order chi connectivity index (χ0) is 12.0. The lowest BCUT2D eigenvalue weighted by Gasteiger charge is -2.04. The highest BCUT2D eigenvalue weighted by Crippen LogP contribution is 2.72. The standard InChI is InChI=1S/C11H9BrCl2O2/c12-8-3-1-2-7(4-8)9-10(5-15,6-16)11(9,13)14/h1-5,9,16H,6H2. The molecule has 1 aliphatic carbocycles. The van der Waals surface area contributed by atoms with Gasteiger partial charge in [0.05, 0.1) is 12.0 Å². The number of hydrogen-bond acceptors (Lipinski definition) is 2. The van der Waals surface area contributed by atoms with Gasteiger partial charge in [-0.2, -0.15) is 0 Å². The minimum atomic E-state index is -1.22. The molecule has 0 saturated heterocycles. The molecule has 2 unspecified atom stereocenters. The van der Waals surface area contributed by atoms with E-state index in [1.165, 1.54) is 0 Å². The first-order valence-corrected chi connectivity index (χ1v) is 6.25. The van der Waals surface area contributed by atoms with Gasteiger partial charge in [-0.25, -0.2) is 0 Å². The third kappa shape index (κ3) is 1.53. The van der Waals surface area contributed by atoms with Crippen molar-refractivity contribution in [2.45, 2.75) is 10.3 Å². The Kier molecular flexibility index (Phi) is 3.08. The van der Waals surface area contributed by atoms with Crippen LogP contribution in [0.4, 0.5) is 0 Å². The van der Waals surface area contributed by atoms with Crippen LogP contribution in [0.5, 0.6) is 0 Å². The zero-order valence-electron chi connectivity index (χ0n) is 8.16. The number of benzene rings is 1. The smallest absolute Gasteiger partial charge is 0.141 e. The Bertz CT molecular complexity index is 436. The molecule has 5 heteroatoms. The predicted octanol–water partition coefficient (Wildman–Crippen LogP) is 2.90. The van der Waals surface area contributed by atoms with Crippen LogP contribution in [-0.2, 0) is 4.79 Å². The summed E-state index contributed by atoms with van der Waals surface area (Å²) in [5, 5.41) is 9.28. The summed E-state index contributed by atoms with van der Waals surface area (Å²) < 4.78 is -0.330. The molecule has 0 bridgehead atoms. The van der Waals surface area contributed by atoms with Crippen molar-refractivity contribution in [1.82, 2.24) is 0 Å². The van der Waals surface area contributed by atoms with E-state index in [1.54, 1.807) is 0 Å². The molecule has 0 aliphatic heterocycles. The van der Waals surface area contributed by atoms with Gasteiger partial charge in [-0.1, -0.05) is 51.3 Å². The molecule has 0 radical (unpaired) electrons. The molecule has 1 aromatic rings. The van der Waals surface area contributed by atoms with Crippen molar-refractivity contribution in [3.8, 4) is 0 Å². The molecule has 2 nitrogen and oxygen atoms in total. The number of aldehydes is 1. The van der Waals surface area contributed by atoms with Crippen LogP contribution >= 0.6 is 39.1 Å². The molecule has 16 heavy (non-hydrogen) atoms. The van der Waals surface area contributed by atoms with E-state index in [9.17, 15) is 9.90 Å². The topological polar surface area (TPSA) is 37.3 Å². The van der Waals surface area contributed by atoms with Crippen molar-refractivity contribution >= 4 is 45.4 Å². The molecule has 2 atom stereocenters. The Morgan fingerprint density at radius 1 is 1.50 bits per heavy atom. The van der Waals surface area contributed by atoms with Crippen LogP contribution in [0.1, 0.15) is 11.5 Å². The van der Waals surface area contributed by atoms with E-state index in [2.05, 4.69) is 15.9 Å². The molecular formula is C11H9BrCl2O2. The minimum absolute atomic E-state index is 0.347. The number of alkyl halides is 2. The van der Waals surface area contributed by atoms with Crippen LogP contribution < -0.4 is 0 Å². The van der Waals surface area contributed by atoms with Gasteiger partial charge in [-0.15, -0.1) is 0 Å². The average molecular weight is 324 g/mol. The van der Waals surface area contributed by atoms with Crippen molar-refractivity contribution in [2.75, 3.05) is 6.61 Å². The Hall–Kier alpha value is -0.0900. The van der Waals surface area contributed by atoms with E-state index < -0.39 is 9.75 Å². The maximum absolute atomic E-state index is 11.1. The van der Waals surface area contributed by atoms with Crippen molar-refractivity contribution in [1.29, 1.82) is 0 Å². The van der Waals surface area contributed by atoms with Crippen LogP contribution in [0.15, 0.2) is 28.7 Å². The Morgan fingerprint density at radius 3 is 2.62 bits per heavy atom. The number of aliphatic hydroxyl groups is 1. The maximum Gasteiger partial charge on any atom is 0.141 e. The Balaban J connectivity index is 2.41. The van der Waals surface area contributed by atoms with Gasteiger partial charge in [0.1, 0.15) is 10.6 Å². The summed E-state index contributed by atoms with van der Waals surface area (Å²) in [7, 11) is 0. The second-order valence-electron chi connectivity index (χ2n) is 3.93. The van der Waals surface area contributed by atoms with E-state index in [-0.39, 0.29) is 12.5 Å². The summed E-state index contributed by atoms with van der Waals surface area (Å²) in [4.78, 5) is 11.1. The summed E-state index contributed by atoms with van der Waals surface area (Å²) in [6, 6.07) is 7.41. The molecule has 0 aromatic heterocycles. The second kappa shape index (κ2) is 3.98. The lowest BCUT2D eigenvalue weighted by atomic mass is 10.0. The largest absolute Gasteiger partial charge is 0.395 e. The first-order valence-electron chi connectivity index (χ1n) is 4.70. The number of carbonyl (C=O) groups excluding carboxylic acids is 1. The number of carbonyl (C=O) groups is 1. The number of rotatable bonds is 3. The molecular weight excluding hydrogens is 315 g/mol. The minimum Gasteiger partial charge on any atom is -0.395 e. The molecule has 1 N–H and O–H groups in total. The van der Waals surface area contributed by atoms with Crippen molar-refractivity contribution in [3.63, 3.8) is 0 Å². The molecule has 0 heterocycles. The Labute approximate surface area is 112 Å². The van der Waals surface area contributed by atoms with Crippen molar-refractivity contribution in [3.05, 3.63) is 34.3 Å². The monoisotopic (exact) mass is 322 g/mol. The first-order chi connectivity index (χ1) is 7.49. The van der Waals surface area contributed by atoms with Crippen LogP contribution in [0.2, 0.25) is 0 Å². The second-order valence-corrected chi connectivity index (χ2v) is 6.23. The lowest BCUT2D eigenvalue weighted by molar-refractivity contribution is -0.113. The zero-order valence-corrected chi connectivity index (χ0v) is 11.3. The van der Waals surface area contributed by atoms with Crippen LogP contribution in [0.25, 0.3) is 0 Å². The molecule has 1 aromatic carbocycles. The van der Waals surface area contributed by atoms with Gasteiger partial charge in [-0.3, -0.25) is 0 Å². The number of hydrogen-bond donors (Lipinski definition) is 1. The third-order valence-electron chi connectivity index (χ3n) is 3.07. The highest BCUT2D eigenvalue weighted by Gasteiger charge is 2.76. The lowest BCUT2D eigenvalue weighted by Crippen LogP contribution is -2.16. The molecule has 0 spiro atoms. The van der Waals surface area contributed by atoms with E-state index in [0.717, 1.165) is 10.0 Å². The fourth-order valence-electron chi connectivity index (χ4n) is 2.05. The summed E-state index contributed by atoms with van der Waals surface area (Å²) >= 11 is 15.5. The summed E-state index contributed by atoms with van der Waals surface area (Å²) in [5.74, 6) is -0.358. The van der Waals surface area contributed by atoms with Crippen LogP contribution in [-0.4, -0.2) is 22.3 Å². The van der Waals surface area contributed by atoms with E-state index >= 15 is 0 Å². The first kappa shape index (κ1) is 12.4. The Morgan fingerprint density at radius 2 is 2.19 bits per heavy atom. The SMILES string of the molecule is O=CC1(CO)C(c2cccc(Br)c2)C1(Cl)Cl. The molecule has 2 rings (SSSR count). The number of halogens is 3. The van der Waals surface area contributed by atoms with Gasteiger partial charge < -0.3 is 9.90 Å². The quantitative estimate of drug-likeness (QED) is 0.686. The van der Waals surface area contributed by atoms with Gasteiger partial charge >= 0.3 is 0 Å². The number of aliphatic hydroxyl groups excluding tert-OH is 1. The molecule has 86 valence electrons. The maximum atomic E-state index is 11.1. The van der Waals surface area contributed by atoms with E-state index in [0.29, 0.717) is 6.29 Å². The van der Waals surface area contributed by atoms with Crippen molar-refractivity contribution < 1.29 is 9.90 Å². The summed E-state index contributed by atoms with van der Waals surface area (Å²) in [6.45, 7) is -0.347. The summed E-state index contributed by atoms with van der Waals surface area (Å²) in [5.41, 5.74) is -0.225. The molecule has 0 amide bonds. The predicted molar refractivity (Wildman–Crippen MR) is 66.9 cm³/mol.